The van der Waals surface area contributed by atoms with Crippen molar-refractivity contribution in [1.29, 1.82) is 0 Å². The van der Waals surface area contributed by atoms with Crippen LogP contribution < -0.4 is 4.74 Å². The first-order chi connectivity index (χ1) is 7.39. The Balaban J connectivity index is 3.21. The van der Waals surface area contributed by atoms with Gasteiger partial charge in [-0.05, 0) is 0 Å². The maximum Gasteiger partial charge on any atom is 0.573 e. The Bertz CT molecular complexity index is 408. The van der Waals surface area contributed by atoms with E-state index >= 15 is 0 Å². The highest BCUT2D eigenvalue weighted by Gasteiger charge is 2.33. The van der Waals surface area contributed by atoms with Crippen LogP contribution in [0.25, 0.3) is 0 Å². The van der Waals surface area contributed by atoms with Crippen LogP contribution in [0.1, 0.15) is 16.1 Å². The minimum atomic E-state index is -4.97. The molecule has 16 heavy (non-hydrogen) atoms. The van der Waals surface area contributed by atoms with Gasteiger partial charge in [0.15, 0.2) is 17.9 Å². The SMILES string of the molecule is O=Cc1ncc(OC(F)(F)F)c(CCl)c1F. The molecule has 0 spiro atoms. The molecule has 0 aliphatic carbocycles. The summed E-state index contributed by atoms with van der Waals surface area (Å²) in [5, 5.41) is 0. The topological polar surface area (TPSA) is 39.2 Å². The van der Waals surface area contributed by atoms with E-state index in [-0.39, 0.29) is 6.29 Å². The van der Waals surface area contributed by atoms with Crippen LogP contribution in [0.2, 0.25) is 0 Å². The number of aldehydes is 1. The number of rotatable bonds is 3. The van der Waals surface area contributed by atoms with Gasteiger partial charge >= 0.3 is 6.36 Å². The van der Waals surface area contributed by atoms with E-state index < -0.39 is 35.1 Å². The largest absolute Gasteiger partial charge is 0.573 e. The lowest BCUT2D eigenvalue weighted by Crippen LogP contribution is -2.19. The van der Waals surface area contributed by atoms with Gasteiger partial charge in [0.25, 0.3) is 0 Å². The highest BCUT2D eigenvalue weighted by Crippen LogP contribution is 2.29. The van der Waals surface area contributed by atoms with Gasteiger partial charge in [0.05, 0.1) is 12.1 Å². The molecule has 0 saturated heterocycles. The number of carbonyl (C=O) groups excluding carboxylic acids is 1. The number of halogens is 5. The molecule has 0 bridgehead atoms. The van der Waals surface area contributed by atoms with E-state index in [1.54, 1.807) is 0 Å². The molecule has 0 aliphatic rings. The van der Waals surface area contributed by atoms with Crippen LogP contribution in [-0.4, -0.2) is 17.6 Å². The molecule has 0 atom stereocenters. The van der Waals surface area contributed by atoms with Crippen LogP contribution in [-0.2, 0) is 5.88 Å². The fourth-order valence-corrected chi connectivity index (χ4v) is 1.19. The number of pyridine rings is 1. The van der Waals surface area contributed by atoms with Gasteiger partial charge in [-0.3, -0.25) is 4.79 Å². The maximum absolute atomic E-state index is 13.3. The monoisotopic (exact) mass is 257 g/mol. The van der Waals surface area contributed by atoms with Gasteiger partial charge in [0.2, 0.25) is 0 Å². The van der Waals surface area contributed by atoms with Crippen LogP contribution in [0.4, 0.5) is 17.6 Å². The smallest absolute Gasteiger partial charge is 0.404 e. The van der Waals surface area contributed by atoms with E-state index in [1.165, 1.54) is 0 Å². The molecule has 0 unspecified atom stereocenters. The predicted octanol–water partition coefficient (Wildman–Crippen LogP) is 2.67. The first-order valence-electron chi connectivity index (χ1n) is 3.83. The standard InChI is InChI=1S/C8H4ClF4NO2/c9-1-4-6(16-8(11,12)13)2-14-5(3-15)7(4)10/h2-3H,1H2. The second-order valence-electron chi connectivity index (χ2n) is 2.60. The highest BCUT2D eigenvalue weighted by atomic mass is 35.5. The zero-order valence-electron chi connectivity index (χ0n) is 7.52. The second kappa shape index (κ2) is 4.65. The molecular weight excluding hydrogens is 254 g/mol. The summed E-state index contributed by atoms with van der Waals surface area (Å²) in [4.78, 5) is 13.4. The summed E-state index contributed by atoms with van der Waals surface area (Å²) < 4.78 is 52.4. The minimum Gasteiger partial charge on any atom is -0.404 e. The van der Waals surface area contributed by atoms with Crippen molar-refractivity contribution in [1.82, 2.24) is 4.98 Å². The Kier molecular flexibility index (Phi) is 3.69. The number of hydrogen-bond acceptors (Lipinski definition) is 3. The second-order valence-corrected chi connectivity index (χ2v) is 2.87. The van der Waals surface area contributed by atoms with Crippen molar-refractivity contribution in [3.63, 3.8) is 0 Å². The van der Waals surface area contributed by atoms with Crippen LogP contribution in [0.15, 0.2) is 6.20 Å². The number of alkyl halides is 4. The summed E-state index contributed by atoms with van der Waals surface area (Å²) in [7, 11) is 0. The fourth-order valence-electron chi connectivity index (χ4n) is 0.945. The zero-order chi connectivity index (χ0) is 12.3. The molecule has 1 aromatic heterocycles. The van der Waals surface area contributed by atoms with Gasteiger partial charge in [-0.15, -0.1) is 24.8 Å². The Hall–Kier alpha value is -1.37. The number of carbonyl (C=O) groups is 1. The molecule has 0 N–H and O–H groups in total. The summed E-state index contributed by atoms with van der Waals surface area (Å²) in [6.07, 6.45) is -4.31. The third kappa shape index (κ3) is 2.82. The molecule has 0 aliphatic heterocycles. The van der Waals surface area contributed by atoms with Crippen LogP contribution in [0, 0.1) is 5.82 Å². The third-order valence-corrected chi connectivity index (χ3v) is 1.85. The van der Waals surface area contributed by atoms with E-state index in [4.69, 9.17) is 11.6 Å². The maximum atomic E-state index is 13.3. The summed E-state index contributed by atoms with van der Waals surface area (Å²) >= 11 is 5.26. The molecule has 0 saturated carbocycles. The molecule has 0 aromatic carbocycles. The minimum absolute atomic E-state index is 0.0722. The van der Waals surface area contributed by atoms with Gasteiger partial charge in [-0.25, -0.2) is 9.37 Å². The number of hydrogen-bond donors (Lipinski definition) is 0. The van der Waals surface area contributed by atoms with Gasteiger partial charge in [0, 0.05) is 5.56 Å². The molecule has 0 fully saturated rings. The summed E-state index contributed by atoms with van der Waals surface area (Å²) in [5.41, 5.74) is -1.18. The normalized spacial score (nSPS) is 11.3. The Labute approximate surface area is 92.0 Å². The molecule has 3 nitrogen and oxygen atoms in total. The van der Waals surface area contributed by atoms with E-state index in [9.17, 15) is 22.4 Å². The van der Waals surface area contributed by atoms with E-state index in [0.29, 0.717) is 6.20 Å². The molecule has 1 aromatic rings. The van der Waals surface area contributed by atoms with E-state index in [1.807, 2.05) is 0 Å². The van der Waals surface area contributed by atoms with Crippen LogP contribution >= 0.6 is 11.6 Å². The molecular formula is C8H4ClF4NO2. The van der Waals surface area contributed by atoms with E-state index in [2.05, 4.69) is 9.72 Å². The molecule has 0 radical (unpaired) electrons. The van der Waals surface area contributed by atoms with Crippen molar-refractivity contribution in [3.05, 3.63) is 23.3 Å². The van der Waals surface area contributed by atoms with Gasteiger partial charge < -0.3 is 4.74 Å². The van der Waals surface area contributed by atoms with Crippen LogP contribution in [0.3, 0.4) is 0 Å². The third-order valence-electron chi connectivity index (χ3n) is 1.58. The summed E-state index contributed by atoms with van der Waals surface area (Å²) in [6.45, 7) is 0. The van der Waals surface area contributed by atoms with Crippen molar-refractivity contribution in [2.24, 2.45) is 0 Å². The zero-order valence-corrected chi connectivity index (χ0v) is 8.27. The molecule has 88 valence electrons. The highest BCUT2D eigenvalue weighted by molar-refractivity contribution is 6.17. The molecule has 8 heteroatoms. The first-order valence-corrected chi connectivity index (χ1v) is 4.36. The average Bonchev–Trinajstić information content (AvgIpc) is 2.16. The number of nitrogens with zero attached hydrogens (tertiary/aromatic N) is 1. The number of aromatic nitrogens is 1. The first kappa shape index (κ1) is 12.7. The molecule has 0 amide bonds. The lowest BCUT2D eigenvalue weighted by molar-refractivity contribution is -0.275. The van der Waals surface area contributed by atoms with E-state index in [0.717, 1.165) is 0 Å². The summed E-state index contributed by atoms with van der Waals surface area (Å²) in [5.74, 6) is -2.64. The molecule has 1 heterocycles. The van der Waals surface area contributed by atoms with Crippen molar-refractivity contribution in [2.75, 3.05) is 0 Å². The van der Waals surface area contributed by atoms with Crippen molar-refractivity contribution >= 4 is 17.9 Å². The van der Waals surface area contributed by atoms with Gasteiger partial charge in [-0.1, -0.05) is 0 Å². The van der Waals surface area contributed by atoms with Crippen molar-refractivity contribution < 1.29 is 27.1 Å². The Morgan fingerprint density at radius 3 is 2.56 bits per heavy atom. The predicted molar refractivity (Wildman–Crippen MR) is 45.8 cm³/mol. The Morgan fingerprint density at radius 1 is 1.50 bits per heavy atom. The quantitative estimate of drug-likeness (QED) is 0.475. The van der Waals surface area contributed by atoms with Gasteiger partial charge in [0.1, 0.15) is 5.69 Å². The summed E-state index contributed by atoms with van der Waals surface area (Å²) in [6, 6.07) is 0. The van der Waals surface area contributed by atoms with Crippen molar-refractivity contribution in [3.8, 4) is 5.75 Å². The fraction of sp³-hybridized carbons (Fsp3) is 0.250. The lowest BCUT2D eigenvalue weighted by atomic mass is 10.2. The van der Waals surface area contributed by atoms with Crippen LogP contribution in [0.5, 0.6) is 5.75 Å². The number of ether oxygens (including phenoxy) is 1. The average molecular weight is 258 g/mol. The van der Waals surface area contributed by atoms with Crippen molar-refractivity contribution in [2.45, 2.75) is 12.2 Å². The molecule has 1 rings (SSSR count). The Morgan fingerprint density at radius 2 is 2.12 bits per heavy atom. The lowest BCUT2D eigenvalue weighted by Gasteiger charge is -2.12. The van der Waals surface area contributed by atoms with Gasteiger partial charge in [-0.2, -0.15) is 0 Å².